The number of rotatable bonds is 4. The van der Waals surface area contributed by atoms with E-state index in [2.05, 4.69) is 37.5 Å². The molecule has 0 aromatic carbocycles. The summed E-state index contributed by atoms with van der Waals surface area (Å²) < 4.78 is 3.63. The van der Waals surface area contributed by atoms with Gasteiger partial charge in [0, 0.05) is 30.2 Å². The summed E-state index contributed by atoms with van der Waals surface area (Å²) in [6, 6.07) is 5.75. The second kappa shape index (κ2) is 6.82. The first-order valence-corrected chi connectivity index (χ1v) is 10.00. The van der Waals surface area contributed by atoms with Gasteiger partial charge in [0.1, 0.15) is 0 Å². The van der Waals surface area contributed by atoms with Crippen LogP contribution in [0.1, 0.15) is 35.3 Å². The molecule has 0 radical (unpaired) electrons. The molecule has 0 aliphatic carbocycles. The number of aryl methyl sites for hydroxylation is 1. The third kappa shape index (κ3) is 3.24. The average Bonchev–Trinajstić information content (AvgIpc) is 3.43. The zero-order valence-corrected chi connectivity index (χ0v) is 15.9. The van der Waals surface area contributed by atoms with E-state index >= 15 is 0 Å². The predicted octanol–water partition coefficient (Wildman–Crippen LogP) is 2.45. The van der Waals surface area contributed by atoms with Gasteiger partial charge in [-0.2, -0.15) is 9.61 Å². The molecular formula is C18H20N8S. The Bertz CT molecular complexity index is 1040. The maximum absolute atomic E-state index is 4.71. The first-order chi connectivity index (χ1) is 13.3. The van der Waals surface area contributed by atoms with Crippen LogP contribution in [0.4, 0.5) is 0 Å². The Hall–Kier alpha value is -2.65. The lowest BCUT2D eigenvalue weighted by Gasteiger charge is -2.30. The molecule has 5 heterocycles. The van der Waals surface area contributed by atoms with Gasteiger partial charge < -0.3 is 0 Å². The van der Waals surface area contributed by atoms with E-state index in [1.165, 1.54) is 5.69 Å². The van der Waals surface area contributed by atoms with Gasteiger partial charge >= 0.3 is 0 Å². The first-order valence-electron chi connectivity index (χ1n) is 9.12. The van der Waals surface area contributed by atoms with Crippen LogP contribution in [0.3, 0.4) is 0 Å². The predicted molar refractivity (Wildman–Crippen MR) is 102 cm³/mol. The van der Waals surface area contributed by atoms with Crippen molar-refractivity contribution >= 4 is 17.0 Å². The molecule has 27 heavy (non-hydrogen) atoms. The smallest absolute Gasteiger partial charge is 0.178 e. The second-order valence-electron chi connectivity index (χ2n) is 6.88. The quantitative estimate of drug-likeness (QED) is 0.541. The molecule has 0 spiro atoms. The molecule has 138 valence electrons. The summed E-state index contributed by atoms with van der Waals surface area (Å²) in [4.78, 5) is 7.05. The number of aromatic nitrogens is 7. The largest absolute Gasteiger partial charge is 0.297 e. The summed E-state index contributed by atoms with van der Waals surface area (Å²) in [5, 5.41) is 21.0. The molecule has 5 rings (SSSR count). The van der Waals surface area contributed by atoms with Crippen LogP contribution in [-0.4, -0.2) is 52.6 Å². The minimum atomic E-state index is 0.369. The molecular weight excluding hydrogens is 360 g/mol. The van der Waals surface area contributed by atoms with Crippen LogP contribution in [0.2, 0.25) is 0 Å². The van der Waals surface area contributed by atoms with Crippen LogP contribution < -0.4 is 0 Å². The Kier molecular flexibility index (Phi) is 4.17. The van der Waals surface area contributed by atoms with Crippen molar-refractivity contribution in [1.82, 2.24) is 39.5 Å². The van der Waals surface area contributed by atoms with Crippen molar-refractivity contribution in [3.8, 4) is 5.82 Å². The number of hydrogen-bond donors (Lipinski definition) is 0. The van der Waals surface area contributed by atoms with Gasteiger partial charge in [-0.05, 0) is 51.1 Å². The summed E-state index contributed by atoms with van der Waals surface area (Å²) >= 11 is 1.72. The second-order valence-corrected chi connectivity index (χ2v) is 7.94. The summed E-state index contributed by atoms with van der Waals surface area (Å²) in [7, 11) is 0. The van der Waals surface area contributed by atoms with E-state index in [1.54, 1.807) is 22.2 Å². The van der Waals surface area contributed by atoms with Crippen molar-refractivity contribution in [3.63, 3.8) is 0 Å². The Balaban J connectivity index is 1.33. The molecule has 4 aromatic heterocycles. The highest BCUT2D eigenvalue weighted by atomic mass is 32.1. The van der Waals surface area contributed by atoms with E-state index in [9.17, 15) is 0 Å². The third-order valence-electron chi connectivity index (χ3n) is 5.02. The first kappa shape index (κ1) is 16.5. The Morgan fingerprint density at radius 3 is 2.81 bits per heavy atom. The zero-order valence-electron chi connectivity index (χ0n) is 15.1. The van der Waals surface area contributed by atoms with Crippen LogP contribution >= 0.6 is 11.3 Å². The van der Waals surface area contributed by atoms with Gasteiger partial charge in [-0.25, -0.2) is 9.67 Å². The summed E-state index contributed by atoms with van der Waals surface area (Å²) in [5.41, 5.74) is 1.95. The molecule has 1 saturated heterocycles. The molecule has 0 amide bonds. The van der Waals surface area contributed by atoms with Gasteiger partial charge in [-0.15, -0.1) is 26.6 Å². The molecule has 9 heteroatoms. The van der Waals surface area contributed by atoms with Crippen LogP contribution in [0.5, 0.6) is 0 Å². The summed E-state index contributed by atoms with van der Waals surface area (Å²) in [6.07, 6.45) is 5.74. The Morgan fingerprint density at radius 2 is 2.07 bits per heavy atom. The molecule has 0 saturated carbocycles. The third-order valence-corrected chi connectivity index (χ3v) is 5.84. The van der Waals surface area contributed by atoms with Crippen molar-refractivity contribution in [3.05, 3.63) is 52.5 Å². The Morgan fingerprint density at radius 1 is 1.19 bits per heavy atom. The molecule has 0 unspecified atom stereocenters. The van der Waals surface area contributed by atoms with Gasteiger partial charge in [0.25, 0.3) is 0 Å². The lowest BCUT2D eigenvalue weighted by molar-refractivity contribution is 0.199. The van der Waals surface area contributed by atoms with E-state index in [0.29, 0.717) is 5.92 Å². The molecule has 4 aromatic rings. The zero-order chi connectivity index (χ0) is 18.2. The minimum absolute atomic E-state index is 0.369. The highest BCUT2D eigenvalue weighted by Gasteiger charge is 2.25. The fraction of sp³-hybridized carbons (Fsp3) is 0.389. The molecule has 1 aliphatic heterocycles. The molecule has 0 N–H and O–H groups in total. The van der Waals surface area contributed by atoms with Gasteiger partial charge in [-0.1, -0.05) is 0 Å². The van der Waals surface area contributed by atoms with Crippen molar-refractivity contribution in [2.45, 2.75) is 32.2 Å². The average molecular weight is 380 g/mol. The molecule has 0 bridgehead atoms. The normalized spacial score (nSPS) is 16.3. The molecule has 0 atom stereocenters. The van der Waals surface area contributed by atoms with Crippen LogP contribution in [0.15, 0.2) is 36.0 Å². The van der Waals surface area contributed by atoms with Gasteiger partial charge in [-0.3, -0.25) is 4.90 Å². The van der Waals surface area contributed by atoms with Crippen LogP contribution in [0.25, 0.3) is 11.5 Å². The highest BCUT2D eigenvalue weighted by molar-refractivity contribution is 7.09. The standard InChI is InChI=1S/C18H20N8S/c1-13-20-15(12-27-13)11-24-9-5-14(6-10-24)18-22-21-16-3-4-17(23-26(16)18)25-8-2-7-19-25/h2-4,7-8,12,14H,5-6,9-11H2,1H3. The SMILES string of the molecule is Cc1nc(CN2CCC(c3nnc4ccc(-n5cccn5)nn34)CC2)cs1. The number of fused-ring (bicyclic) bond motifs is 1. The molecule has 8 nitrogen and oxygen atoms in total. The number of thiazole rings is 1. The number of piperidine rings is 1. The van der Waals surface area contributed by atoms with Gasteiger partial charge in [0.15, 0.2) is 17.3 Å². The van der Waals surface area contributed by atoms with E-state index < -0.39 is 0 Å². The van der Waals surface area contributed by atoms with E-state index in [0.717, 1.165) is 54.8 Å². The fourth-order valence-corrected chi connectivity index (χ4v) is 4.24. The van der Waals surface area contributed by atoms with E-state index in [-0.39, 0.29) is 0 Å². The van der Waals surface area contributed by atoms with Crippen molar-refractivity contribution in [2.24, 2.45) is 0 Å². The molecule has 1 aliphatic rings. The highest BCUT2D eigenvalue weighted by Crippen LogP contribution is 2.27. The van der Waals surface area contributed by atoms with Crippen molar-refractivity contribution in [2.75, 3.05) is 13.1 Å². The van der Waals surface area contributed by atoms with Gasteiger partial charge in [0.2, 0.25) is 0 Å². The van der Waals surface area contributed by atoms with Crippen LogP contribution in [-0.2, 0) is 6.54 Å². The fourth-order valence-electron chi connectivity index (χ4n) is 3.64. The Labute approximate surface area is 160 Å². The lowest BCUT2D eigenvalue weighted by Crippen LogP contribution is -2.33. The monoisotopic (exact) mass is 380 g/mol. The topological polar surface area (TPSA) is 77.0 Å². The van der Waals surface area contributed by atoms with E-state index in [1.807, 2.05) is 28.9 Å². The minimum Gasteiger partial charge on any atom is -0.297 e. The maximum Gasteiger partial charge on any atom is 0.178 e. The molecule has 1 fully saturated rings. The summed E-state index contributed by atoms with van der Waals surface area (Å²) in [5.74, 6) is 2.09. The van der Waals surface area contributed by atoms with Crippen molar-refractivity contribution < 1.29 is 0 Å². The van der Waals surface area contributed by atoms with E-state index in [4.69, 9.17) is 5.10 Å². The number of likely N-dealkylation sites (tertiary alicyclic amines) is 1. The lowest BCUT2D eigenvalue weighted by atomic mass is 9.96. The van der Waals surface area contributed by atoms with Crippen LogP contribution in [0, 0.1) is 6.92 Å². The number of hydrogen-bond acceptors (Lipinski definition) is 7. The maximum atomic E-state index is 4.71. The number of nitrogens with zero attached hydrogens (tertiary/aromatic N) is 8. The van der Waals surface area contributed by atoms with Gasteiger partial charge in [0.05, 0.1) is 10.7 Å². The summed E-state index contributed by atoms with van der Waals surface area (Å²) in [6.45, 7) is 5.06. The van der Waals surface area contributed by atoms with Crippen molar-refractivity contribution in [1.29, 1.82) is 0 Å².